The van der Waals surface area contributed by atoms with Crippen LogP contribution in [0.2, 0.25) is 0 Å². The van der Waals surface area contributed by atoms with Crippen LogP contribution >= 0.6 is 0 Å². The van der Waals surface area contributed by atoms with E-state index in [0.29, 0.717) is 21.8 Å². The summed E-state index contributed by atoms with van der Waals surface area (Å²) in [6.45, 7) is -0.00365. The first-order valence-corrected chi connectivity index (χ1v) is 8.79. The molecule has 0 bridgehead atoms. The first kappa shape index (κ1) is 16.2. The predicted molar refractivity (Wildman–Crippen MR) is 107 cm³/mol. The van der Waals surface area contributed by atoms with Crippen molar-refractivity contribution in [2.24, 2.45) is 0 Å². The Labute approximate surface area is 159 Å². The lowest BCUT2D eigenvalue weighted by Crippen LogP contribution is -2.11. The van der Waals surface area contributed by atoms with Crippen molar-refractivity contribution >= 4 is 49.6 Å². The molecule has 0 aliphatic heterocycles. The number of esters is 1. The number of hydrogen-bond donors (Lipinski definition) is 2. The number of nitrogens with one attached hydrogen (secondary N) is 1. The van der Waals surface area contributed by atoms with Gasteiger partial charge >= 0.3 is 5.97 Å². The highest BCUT2D eigenvalue weighted by atomic mass is 16.5. The summed E-state index contributed by atoms with van der Waals surface area (Å²) < 4.78 is 6.71. The molecular weight excluding hydrogens is 354 g/mol. The van der Waals surface area contributed by atoms with Crippen molar-refractivity contribution in [3.63, 3.8) is 0 Å². The van der Waals surface area contributed by atoms with Gasteiger partial charge < -0.3 is 19.4 Å². The smallest absolute Gasteiger partial charge is 0.325 e. The van der Waals surface area contributed by atoms with E-state index in [-0.39, 0.29) is 17.9 Å². The number of H-pyrrole nitrogens is 1. The van der Waals surface area contributed by atoms with E-state index in [4.69, 9.17) is 4.74 Å². The van der Waals surface area contributed by atoms with Crippen molar-refractivity contribution in [3.8, 4) is 11.8 Å². The van der Waals surface area contributed by atoms with E-state index in [2.05, 4.69) is 11.1 Å². The number of benzene rings is 3. The second-order valence-electron chi connectivity index (χ2n) is 6.66. The number of hydrogen-bond acceptors (Lipinski definition) is 4. The monoisotopic (exact) mass is 369 g/mol. The number of rotatable bonds is 2. The molecule has 3 aromatic carbocycles. The van der Waals surface area contributed by atoms with E-state index < -0.39 is 5.97 Å². The number of phenolic OH excluding ortho intramolecular Hbond substituents is 1. The van der Waals surface area contributed by atoms with Gasteiger partial charge in [0, 0.05) is 27.2 Å². The quantitative estimate of drug-likeness (QED) is 0.457. The molecule has 0 spiro atoms. The fourth-order valence-corrected chi connectivity index (χ4v) is 4.09. The molecule has 136 valence electrons. The lowest BCUT2D eigenvalue weighted by atomic mass is 10.0. The molecule has 5 rings (SSSR count). The maximum absolute atomic E-state index is 12.1. The molecule has 0 aliphatic rings. The maximum Gasteiger partial charge on any atom is 0.325 e. The third-order valence-electron chi connectivity index (χ3n) is 5.26. The number of aromatic hydroxyl groups is 1. The first-order chi connectivity index (χ1) is 13.7. The summed E-state index contributed by atoms with van der Waals surface area (Å²) in [6.07, 6.45) is 0. The van der Waals surface area contributed by atoms with E-state index >= 15 is 0 Å². The number of phenols is 1. The van der Waals surface area contributed by atoms with Crippen LogP contribution in [0.4, 0.5) is 0 Å². The number of ether oxygens (including phenoxy) is 1. The van der Waals surface area contributed by atoms with E-state index in [0.717, 1.165) is 21.8 Å². The van der Waals surface area contributed by atoms with Crippen LogP contribution in [0, 0.1) is 11.3 Å². The standard InChI is InChI=1S/C22H15N3O3/c1-28-17(26)11-25-16-9-5-3-7-13(16)19-21(25)20-18(14(10-23)22(19)27)12-6-2-4-8-15(12)24-20/h2-9,24,27H,11H2,1H3. The van der Waals surface area contributed by atoms with Crippen LogP contribution in [0.15, 0.2) is 48.5 Å². The average molecular weight is 369 g/mol. The number of carbonyl (C=O) groups is 1. The second-order valence-corrected chi connectivity index (χ2v) is 6.66. The van der Waals surface area contributed by atoms with Gasteiger partial charge in [-0.25, -0.2) is 0 Å². The van der Waals surface area contributed by atoms with Crippen molar-refractivity contribution in [2.75, 3.05) is 7.11 Å². The number of methoxy groups -OCH3 is 1. The van der Waals surface area contributed by atoms with Crippen LogP contribution in [0.3, 0.4) is 0 Å². The van der Waals surface area contributed by atoms with Crippen LogP contribution < -0.4 is 0 Å². The Hall–Kier alpha value is -3.98. The van der Waals surface area contributed by atoms with Gasteiger partial charge in [-0.15, -0.1) is 0 Å². The molecule has 5 aromatic rings. The van der Waals surface area contributed by atoms with Crippen molar-refractivity contribution in [1.82, 2.24) is 9.55 Å². The highest BCUT2D eigenvalue weighted by Gasteiger charge is 2.24. The summed E-state index contributed by atoms with van der Waals surface area (Å²) in [5.41, 5.74) is 3.25. The molecule has 0 atom stereocenters. The number of aromatic nitrogens is 2. The Morgan fingerprint density at radius 3 is 2.61 bits per heavy atom. The third kappa shape index (κ3) is 1.98. The van der Waals surface area contributed by atoms with Gasteiger partial charge in [-0.3, -0.25) is 4.79 Å². The van der Waals surface area contributed by atoms with Crippen molar-refractivity contribution < 1.29 is 14.6 Å². The van der Waals surface area contributed by atoms with Crippen LogP contribution in [0.5, 0.6) is 5.75 Å². The zero-order chi connectivity index (χ0) is 19.4. The summed E-state index contributed by atoms with van der Waals surface area (Å²) in [5, 5.41) is 23.7. The van der Waals surface area contributed by atoms with Gasteiger partial charge in [0.15, 0.2) is 0 Å². The van der Waals surface area contributed by atoms with Gasteiger partial charge in [-0.2, -0.15) is 5.26 Å². The molecule has 2 N–H and O–H groups in total. The van der Waals surface area contributed by atoms with Crippen LogP contribution in [0.25, 0.3) is 43.6 Å². The molecule has 0 fully saturated rings. The lowest BCUT2D eigenvalue weighted by molar-refractivity contribution is -0.141. The van der Waals surface area contributed by atoms with Crippen molar-refractivity contribution in [3.05, 3.63) is 54.1 Å². The molecule has 0 saturated carbocycles. The van der Waals surface area contributed by atoms with Gasteiger partial charge in [0.2, 0.25) is 0 Å². The summed E-state index contributed by atoms with van der Waals surface area (Å²) in [5.74, 6) is -0.467. The molecule has 0 radical (unpaired) electrons. The Bertz CT molecular complexity index is 1470. The minimum Gasteiger partial charge on any atom is -0.506 e. The summed E-state index contributed by atoms with van der Waals surface area (Å²) in [7, 11) is 1.35. The summed E-state index contributed by atoms with van der Waals surface area (Å²) in [6, 6.07) is 17.3. The van der Waals surface area contributed by atoms with Gasteiger partial charge in [-0.05, 0) is 12.1 Å². The molecule has 28 heavy (non-hydrogen) atoms. The minimum absolute atomic E-state index is 0.00365. The largest absolute Gasteiger partial charge is 0.506 e. The molecule has 2 heterocycles. The molecule has 0 aliphatic carbocycles. The van der Waals surface area contributed by atoms with Crippen LogP contribution in [-0.2, 0) is 16.1 Å². The molecule has 2 aromatic heterocycles. The topological polar surface area (TPSA) is 91.0 Å². The first-order valence-electron chi connectivity index (χ1n) is 8.79. The Morgan fingerprint density at radius 2 is 1.86 bits per heavy atom. The highest BCUT2D eigenvalue weighted by Crippen LogP contribution is 2.44. The highest BCUT2D eigenvalue weighted by molar-refractivity contribution is 6.26. The molecule has 0 unspecified atom stereocenters. The molecule has 6 heteroatoms. The fourth-order valence-electron chi connectivity index (χ4n) is 4.09. The zero-order valence-corrected chi connectivity index (χ0v) is 15.0. The number of nitrogens with zero attached hydrogens (tertiary/aromatic N) is 2. The predicted octanol–water partition coefficient (Wildman–Crippen LogP) is 4.18. The minimum atomic E-state index is -0.393. The molecular formula is C22H15N3O3. The Morgan fingerprint density at radius 1 is 1.14 bits per heavy atom. The van der Waals surface area contributed by atoms with E-state index in [1.807, 2.05) is 53.1 Å². The van der Waals surface area contributed by atoms with E-state index in [9.17, 15) is 15.2 Å². The van der Waals surface area contributed by atoms with Crippen LogP contribution in [-0.4, -0.2) is 27.7 Å². The van der Waals surface area contributed by atoms with E-state index in [1.165, 1.54) is 7.11 Å². The summed E-state index contributed by atoms with van der Waals surface area (Å²) in [4.78, 5) is 15.5. The van der Waals surface area contributed by atoms with Gasteiger partial charge in [0.1, 0.15) is 23.9 Å². The number of para-hydroxylation sites is 2. The maximum atomic E-state index is 12.1. The average Bonchev–Trinajstić information content (AvgIpc) is 3.25. The Balaban J connectivity index is 2.11. The normalized spacial score (nSPS) is 11.4. The summed E-state index contributed by atoms with van der Waals surface area (Å²) >= 11 is 0. The molecule has 0 saturated heterocycles. The lowest BCUT2D eigenvalue weighted by Gasteiger charge is -2.08. The third-order valence-corrected chi connectivity index (χ3v) is 5.26. The van der Waals surface area contributed by atoms with Crippen LogP contribution in [0.1, 0.15) is 5.56 Å². The van der Waals surface area contributed by atoms with Gasteiger partial charge in [0.25, 0.3) is 0 Å². The second kappa shape index (κ2) is 5.76. The number of carbonyl (C=O) groups excluding carboxylic acids is 1. The fraction of sp³-hybridized carbons (Fsp3) is 0.0909. The van der Waals surface area contributed by atoms with Gasteiger partial charge in [0.05, 0.1) is 23.5 Å². The number of nitriles is 1. The van der Waals surface area contributed by atoms with Crippen molar-refractivity contribution in [1.29, 1.82) is 5.26 Å². The Kier molecular flexibility index (Phi) is 3.34. The van der Waals surface area contributed by atoms with Gasteiger partial charge in [-0.1, -0.05) is 36.4 Å². The number of aromatic amines is 1. The number of fused-ring (bicyclic) bond motifs is 7. The van der Waals surface area contributed by atoms with Crippen molar-refractivity contribution in [2.45, 2.75) is 6.54 Å². The SMILES string of the molecule is COC(=O)Cn1c2ccccc2c2c(O)c(C#N)c3c4ccccc4[nH]c3c21. The zero-order valence-electron chi connectivity index (χ0n) is 15.0. The van der Waals surface area contributed by atoms with E-state index in [1.54, 1.807) is 0 Å². The molecule has 0 amide bonds. The molecule has 6 nitrogen and oxygen atoms in total.